The lowest BCUT2D eigenvalue weighted by atomic mass is 10.2. The first-order valence-corrected chi connectivity index (χ1v) is 7.71. The summed E-state index contributed by atoms with van der Waals surface area (Å²) in [6.07, 6.45) is 1.53. The van der Waals surface area contributed by atoms with E-state index in [4.69, 9.17) is 0 Å². The maximum absolute atomic E-state index is 12.5. The lowest BCUT2D eigenvalue weighted by Crippen LogP contribution is -2.41. The molecule has 2 heterocycles. The first kappa shape index (κ1) is 16.9. The van der Waals surface area contributed by atoms with Gasteiger partial charge in [0.25, 0.3) is 5.91 Å². The van der Waals surface area contributed by atoms with E-state index in [0.29, 0.717) is 18.7 Å². The Balaban J connectivity index is 2.19. The monoisotopic (exact) mass is 317 g/mol. The molecule has 2 aromatic heterocycles. The first-order valence-electron chi connectivity index (χ1n) is 7.71. The quantitative estimate of drug-likeness (QED) is 0.831. The predicted molar refractivity (Wildman–Crippen MR) is 88.1 cm³/mol. The van der Waals surface area contributed by atoms with Crippen LogP contribution in [0.1, 0.15) is 29.9 Å². The van der Waals surface area contributed by atoms with E-state index in [9.17, 15) is 9.59 Å². The molecule has 2 amide bonds. The Morgan fingerprint density at radius 1 is 1.26 bits per heavy atom. The van der Waals surface area contributed by atoms with E-state index in [1.165, 1.54) is 11.1 Å². The molecule has 0 fully saturated rings. The molecule has 124 valence electrons. The third-order valence-electron chi connectivity index (χ3n) is 3.95. The summed E-state index contributed by atoms with van der Waals surface area (Å²) in [6, 6.07) is 1.78. The fraction of sp³-hybridized carbons (Fsp3) is 0.500. The molecule has 0 spiro atoms. The highest BCUT2D eigenvalue weighted by molar-refractivity contribution is 5.98. The van der Waals surface area contributed by atoms with Gasteiger partial charge in [0.05, 0.1) is 17.8 Å². The molecule has 0 unspecified atom stereocenters. The number of carbonyl (C=O) groups is 2. The highest BCUT2D eigenvalue weighted by Crippen LogP contribution is 2.17. The number of aryl methyl sites for hydroxylation is 2. The van der Waals surface area contributed by atoms with Crippen molar-refractivity contribution in [2.24, 2.45) is 7.05 Å². The summed E-state index contributed by atoms with van der Waals surface area (Å²) in [5.74, 6) is -0.277. The van der Waals surface area contributed by atoms with E-state index >= 15 is 0 Å². The number of pyridine rings is 1. The third-order valence-corrected chi connectivity index (χ3v) is 3.95. The molecule has 0 aliphatic heterocycles. The van der Waals surface area contributed by atoms with Crippen LogP contribution in [0.4, 0.5) is 0 Å². The standard InChI is InChI=1S/C16H23N5O2/c1-6-21(7-2)14(22)10-19(4)16(23)12-8-13-11(3)18-20(5)15(13)17-9-12/h8-9H,6-7,10H2,1-5H3. The average Bonchev–Trinajstić information content (AvgIpc) is 2.82. The van der Waals surface area contributed by atoms with Gasteiger partial charge >= 0.3 is 0 Å². The Bertz CT molecular complexity index is 733. The lowest BCUT2D eigenvalue weighted by Gasteiger charge is -2.23. The minimum absolute atomic E-state index is 0.0579. The molecule has 0 atom stereocenters. The maximum atomic E-state index is 12.5. The molecule has 0 saturated heterocycles. The van der Waals surface area contributed by atoms with Crippen LogP contribution in [0.2, 0.25) is 0 Å². The van der Waals surface area contributed by atoms with Gasteiger partial charge in [-0.3, -0.25) is 14.3 Å². The molecule has 0 aromatic carbocycles. The summed E-state index contributed by atoms with van der Waals surface area (Å²) < 4.78 is 1.69. The van der Waals surface area contributed by atoms with Crippen molar-refractivity contribution in [1.29, 1.82) is 0 Å². The summed E-state index contributed by atoms with van der Waals surface area (Å²) >= 11 is 0. The number of rotatable bonds is 5. The van der Waals surface area contributed by atoms with Gasteiger partial charge in [-0.25, -0.2) is 4.98 Å². The minimum Gasteiger partial charge on any atom is -0.342 e. The molecule has 2 rings (SSSR count). The van der Waals surface area contributed by atoms with Crippen LogP contribution in [0.5, 0.6) is 0 Å². The van der Waals surface area contributed by atoms with Crippen LogP contribution in [-0.2, 0) is 11.8 Å². The van der Waals surface area contributed by atoms with E-state index in [1.807, 2.05) is 27.8 Å². The topological polar surface area (TPSA) is 71.3 Å². The van der Waals surface area contributed by atoms with Crippen LogP contribution in [0.15, 0.2) is 12.3 Å². The molecule has 0 N–H and O–H groups in total. The maximum Gasteiger partial charge on any atom is 0.255 e. The Morgan fingerprint density at radius 3 is 2.52 bits per heavy atom. The zero-order chi connectivity index (χ0) is 17.1. The average molecular weight is 317 g/mol. The zero-order valence-electron chi connectivity index (χ0n) is 14.3. The van der Waals surface area contributed by atoms with Crippen LogP contribution < -0.4 is 0 Å². The van der Waals surface area contributed by atoms with Crippen molar-refractivity contribution in [2.75, 3.05) is 26.7 Å². The molecule has 0 aliphatic carbocycles. The van der Waals surface area contributed by atoms with E-state index in [2.05, 4.69) is 10.1 Å². The van der Waals surface area contributed by atoms with Gasteiger partial charge in [0.15, 0.2) is 5.65 Å². The molecular weight excluding hydrogens is 294 g/mol. The van der Waals surface area contributed by atoms with Crippen molar-refractivity contribution in [3.05, 3.63) is 23.5 Å². The van der Waals surface area contributed by atoms with Crippen molar-refractivity contribution in [2.45, 2.75) is 20.8 Å². The van der Waals surface area contributed by atoms with E-state index in [0.717, 1.165) is 16.7 Å². The number of carbonyl (C=O) groups excluding carboxylic acids is 2. The van der Waals surface area contributed by atoms with Gasteiger partial charge in [-0.05, 0) is 26.8 Å². The van der Waals surface area contributed by atoms with Crippen LogP contribution >= 0.6 is 0 Å². The normalized spacial score (nSPS) is 10.8. The third kappa shape index (κ3) is 3.33. The van der Waals surface area contributed by atoms with Gasteiger partial charge < -0.3 is 9.80 Å². The highest BCUT2D eigenvalue weighted by atomic mass is 16.2. The number of likely N-dealkylation sites (N-methyl/N-ethyl adjacent to an activating group) is 2. The van der Waals surface area contributed by atoms with Gasteiger partial charge in [0, 0.05) is 38.8 Å². The highest BCUT2D eigenvalue weighted by Gasteiger charge is 2.19. The molecule has 0 saturated carbocycles. The van der Waals surface area contributed by atoms with Crippen LogP contribution in [-0.4, -0.2) is 63.1 Å². The van der Waals surface area contributed by atoms with Gasteiger partial charge in [0.1, 0.15) is 0 Å². The zero-order valence-corrected chi connectivity index (χ0v) is 14.3. The summed E-state index contributed by atoms with van der Waals surface area (Å²) in [6.45, 7) is 7.06. The van der Waals surface area contributed by atoms with Gasteiger partial charge in [-0.2, -0.15) is 5.10 Å². The number of fused-ring (bicyclic) bond motifs is 1. The molecule has 0 bridgehead atoms. The summed E-state index contributed by atoms with van der Waals surface area (Å²) in [5, 5.41) is 5.15. The Labute approximate surface area is 135 Å². The Morgan fingerprint density at radius 2 is 1.91 bits per heavy atom. The lowest BCUT2D eigenvalue weighted by molar-refractivity contribution is -0.131. The van der Waals surface area contributed by atoms with E-state index in [-0.39, 0.29) is 18.4 Å². The van der Waals surface area contributed by atoms with Gasteiger partial charge in [-0.1, -0.05) is 0 Å². The summed E-state index contributed by atoms with van der Waals surface area (Å²) in [5.41, 5.74) is 2.02. The Kier molecular flexibility index (Phi) is 4.98. The predicted octanol–water partition coefficient (Wildman–Crippen LogP) is 1.22. The van der Waals surface area contributed by atoms with Crippen molar-refractivity contribution in [3.63, 3.8) is 0 Å². The first-order chi connectivity index (χ1) is 10.9. The molecular formula is C16H23N5O2. The smallest absolute Gasteiger partial charge is 0.255 e. The summed E-state index contributed by atoms with van der Waals surface area (Å²) in [4.78, 5) is 32.1. The fourth-order valence-electron chi connectivity index (χ4n) is 2.60. The van der Waals surface area contributed by atoms with E-state index < -0.39 is 0 Å². The second-order valence-electron chi connectivity index (χ2n) is 5.53. The van der Waals surface area contributed by atoms with Gasteiger partial charge in [-0.15, -0.1) is 0 Å². The number of aromatic nitrogens is 3. The van der Waals surface area contributed by atoms with Crippen molar-refractivity contribution in [1.82, 2.24) is 24.6 Å². The molecule has 0 radical (unpaired) electrons. The van der Waals surface area contributed by atoms with Crippen molar-refractivity contribution >= 4 is 22.8 Å². The molecule has 0 aliphatic rings. The second kappa shape index (κ2) is 6.76. The van der Waals surface area contributed by atoms with Crippen LogP contribution in [0.3, 0.4) is 0 Å². The SMILES string of the molecule is CCN(CC)C(=O)CN(C)C(=O)c1cnc2c(c1)c(C)nn2C. The molecule has 23 heavy (non-hydrogen) atoms. The largest absolute Gasteiger partial charge is 0.342 e. The fourth-order valence-corrected chi connectivity index (χ4v) is 2.60. The molecule has 7 heteroatoms. The second-order valence-corrected chi connectivity index (χ2v) is 5.53. The van der Waals surface area contributed by atoms with Crippen LogP contribution in [0.25, 0.3) is 11.0 Å². The summed E-state index contributed by atoms with van der Waals surface area (Å²) in [7, 11) is 3.45. The van der Waals surface area contributed by atoms with Crippen molar-refractivity contribution < 1.29 is 9.59 Å². The number of hydrogen-bond donors (Lipinski definition) is 0. The van der Waals surface area contributed by atoms with Crippen molar-refractivity contribution in [3.8, 4) is 0 Å². The number of nitrogens with zero attached hydrogens (tertiary/aromatic N) is 5. The van der Waals surface area contributed by atoms with E-state index in [1.54, 1.807) is 22.7 Å². The van der Waals surface area contributed by atoms with Gasteiger partial charge in [0.2, 0.25) is 5.91 Å². The minimum atomic E-state index is -0.219. The Hall–Kier alpha value is -2.44. The number of hydrogen-bond acceptors (Lipinski definition) is 4. The number of amides is 2. The van der Waals surface area contributed by atoms with Crippen LogP contribution in [0, 0.1) is 6.92 Å². The molecule has 2 aromatic rings. The molecule has 7 nitrogen and oxygen atoms in total.